The minimum atomic E-state index is 0.305. The van der Waals surface area contributed by atoms with Gasteiger partial charge in [0.25, 0.3) is 0 Å². The maximum atomic E-state index is 11.6. The van der Waals surface area contributed by atoms with Crippen molar-refractivity contribution >= 4 is 11.9 Å². The van der Waals surface area contributed by atoms with Crippen LogP contribution in [-0.2, 0) is 4.79 Å². The van der Waals surface area contributed by atoms with Gasteiger partial charge >= 0.3 is 0 Å². The number of likely N-dealkylation sites (tertiary alicyclic amines) is 2. The van der Waals surface area contributed by atoms with Gasteiger partial charge in [0.1, 0.15) is 0 Å². The van der Waals surface area contributed by atoms with E-state index in [1.807, 2.05) is 4.90 Å². The second kappa shape index (κ2) is 10.5. The molecule has 138 valence electrons. The van der Waals surface area contributed by atoms with Crippen molar-refractivity contribution in [3.05, 3.63) is 0 Å². The number of hydrogen-bond donors (Lipinski definition) is 2. The molecule has 6 heteroatoms. The van der Waals surface area contributed by atoms with Crippen molar-refractivity contribution in [2.45, 2.75) is 46.0 Å². The third-order valence-corrected chi connectivity index (χ3v) is 4.97. The van der Waals surface area contributed by atoms with E-state index in [0.717, 1.165) is 70.4 Å². The minimum Gasteiger partial charge on any atom is -0.357 e. The van der Waals surface area contributed by atoms with Crippen LogP contribution in [0.5, 0.6) is 0 Å². The molecule has 6 nitrogen and oxygen atoms in total. The van der Waals surface area contributed by atoms with Crippen molar-refractivity contribution in [1.82, 2.24) is 20.4 Å². The number of nitrogens with one attached hydrogen (secondary N) is 2. The van der Waals surface area contributed by atoms with Gasteiger partial charge in [0.05, 0.1) is 0 Å². The number of amides is 1. The van der Waals surface area contributed by atoms with Gasteiger partial charge in [-0.3, -0.25) is 9.79 Å². The van der Waals surface area contributed by atoms with Crippen LogP contribution in [0.15, 0.2) is 4.99 Å². The summed E-state index contributed by atoms with van der Waals surface area (Å²) in [6.07, 6.45) is 5.32. The molecule has 24 heavy (non-hydrogen) atoms. The molecular weight excluding hydrogens is 302 g/mol. The Bertz CT molecular complexity index is 404. The molecule has 0 saturated carbocycles. The first-order chi connectivity index (χ1) is 11.7. The standard InChI is InChI=1S/C18H35N5O/c1-3-19-18(20-9-5-12-23-11-4-6-17(23)24)21-10-15-22-13-7-16(2)8-14-22/h16H,3-15H2,1-2H3,(H2,19,20,21). The smallest absolute Gasteiger partial charge is 0.222 e. The fraction of sp³-hybridized carbons (Fsp3) is 0.889. The lowest BCUT2D eigenvalue weighted by atomic mass is 9.99. The summed E-state index contributed by atoms with van der Waals surface area (Å²) in [5, 5.41) is 6.74. The van der Waals surface area contributed by atoms with Crippen LogP contribution in [0.1, 0.15) is 46.0 Å². The summed E-state index contributed by atoms with van der Waals surface area (Å²) in [5.74, 6) is 2.09. The number of carbonyl (C=O) groups is 1. The average molecular weight is 338 g/mol. The number of nitrogens with zero attached hydrogens (tertiary/aromatic N) is 3. The molecule has 2 fully saturated rings. The zero-order valence-corrected chi connectivity index (χ0v) is 15.5. The van der Waals surface area contributed by atoms with E-state index in [1.165, 1.54) is 25.9 Å². The highest BCUT2D eigenvalue weighted by molar-refractivity contribution is 5.79. The Labute approximate surface area is 147 Å². The number of guanidine groups is 1. The second-order valence-electron chi connectivity index (χ2n) is 7.05. The molecule has 2 aliphatic rings. The zero-order chi connectivity index (χ0) is 17.2. The fourth-order valence-corrected chi connectivity index (χ4v) is 3.35. The van der Waals surface area contributed by atoms with Crippen LogP contribution in [0.2, 0.25) is 0 Å². The molecule has 2 rings (SSSR count). The molecule has 0 aromatic rings. The SMILES string of the molecule is CCNC(=NCCCN1CCCC1=O)NCCN1CCC(C)CC1. The topological polar surface area (TPSA) is 60.0 Å². The predicted octanol–water partition coefficient (Wildman–Crippen LogP) is 1.29. The minimum absolute atomic E-state index is 0.305. The lowest BCUT2D eigenvalue weighted by Gasteiger charge is -2.30. The van der Waals surface area contributed by atoms with Crippen LogP contribution in [0.25, 0.3) is 0 Å². The molecule has 1 amide bonds. The summed E-state index contributed by atoms with van der Waals surface area (Å²) in [6.45, 7) is 12.3. The molecule has 2 heterocycles. The van der Waals surface area contributed by atoms with Crippen LogP contribution in [0.3, 0.4) is 0 Å². The maximum Gasteiger partial charge on any atom is 0.222 e. The first-order valence-corrected chi connectivity index (χ1v) is 9.71. The van der Waals surface area contributed by atoms with Gasteiger partial charge in [0.2, 0.25) is 5.91 Å². The van der Waals surface area contributed by atoms with E-state index in [0.29, 0.717) is 5.91 Å². The Hall–Kier alpha value is -1.30. The molecule has 0 atom stereocenters. The average Bonchev–Trinajstić information content (AvgIpc) is 2.98. The Morgan fingerprint density at radius 2 is 2.00 bits per heavy atom. The van der Waals surface area contributed by atoms with E-state index < -0.39 is 0 Å². The molecule has 0 radical (unpaired) electrons. The molecule has 0 aromatic heterocycles. The quantitative estimate of drug-likeness (QED) is 0.398. The summed E-state index contributed by atoms with van der Waals surface area (Å²) in [6, 6.07) is 0. The van der Waals surface area contributed by atoms with Crippen molar-refractivity contribution in [2.75, 3.05) is 52.4 Å². The number of rotatable bonds is 8. The Kier molecular flexibility index (Phi) is 8.36. The van der Waals surface area contributed by atoms with Gasteiger partial charge in [-0.05, 0) is 51.6 Å². The number of aliphatic imine (C=N–C) groups is 1. The van der Waals surface area contributed by atoms with Gasteiger partial charge in [0, 0.05) is 45.7 Å². The molecule has 2 aliphatic heterocycles. The van der Waals surface area contributed by atoms with E-state index in [-0.39, 0.29) is 0 Å². The van der Waals surface area contributed by atoms with E-state index in [2.05, 4.69) is 34.4 Å². The Morgan fingerprint density at radius 3 is 2.67 bits per heavy atom. The monoisotopic (exact) mass is 337 g/mol. The van der Waals surface area contributed by atoms with E-state index in [1.54, 1.807) is 0 Å². The van der Waals surface area contributed by atoms with Crippen LogP contribution >= 0.6 is 0 Å². The van der Waals surface area contributed by atoms with Gasteiger partial charge in [0.15, 0.2) is 5.96 Å². The molecule has 0 spiro atoms. The molecular formula is C18H35N5O. The van der Waals surface area contributed by atoms with Crippen molar-refractivity contribution in [1.29, 1.82) is 0 Å². The van der Waals surface area contributed by atoms with Crippen molar-refractivity contribution in [3.8, 4) is 0 Å². The maximum absolute atomic E-state index is 11.6. The normalized spacial score (nSPS) is 20.7. The predicted molar refractivity (Wildman–Crippen MR) is 99.3 cm³/mol. The van der Waals surface area contributed by atoms with Gasteiger partial charge in [-0.2, -0.15) is 0 Å². The first-order valence-electron chi connectivity index (χ1n) is 9.71. The molecule has 0 aliphatic carbocycles. The van der Waals surface area contributed by atoms with E-state index in [4.69, 9.17) is 0 Å². The zero-order valence-electron chi connectivity index (χ0n) is 15.5. The van der Waals surface area contributed by atoms with Crippen molar-refractivity contribution in [2.24, 2.45) is 10.9 Å². The molecule has 2 N–H and O–H groups in total. The lowest BCUT2D eigenvalue weighted by molar-refractivity contribution is -0.127. The van der Waals surface area contributed by atoms with Crippen LogP contribution in [0.4, 0.5) is 0 Å². The van der Waals surface area contributed by atoms with Crippen LogP contribution in [0, 0.1) is 5.92 Å². The van der Waals surface area contributed by atoms with Crippen molar-refractivity contribution < 1.29 is 4.79 Å². The van der Waals surface area contributed by atoms with Gasteiger partial charge in [-0.1, -0.05) is 6.92 Å². The lowest BCUT2D eigenvalue weighted by Crippen LogP contribution is -2.43. The van der Waals surface area contributed by atoms with Gasteiger partial charge in [-0.15, -0.1) is 0 Å². The third-order valence-electron chi connectivity index (χ3n) is 4.97. The number of piperidine rings is 1. The molecule has 0 bridgehead atoms. The van der Waals surface area contributed by atoms with Gasteiger partial charge < -0.3 is 20.4 Å². The Morgan fingerprint density at radius 1 is 1.21 bits per heavy atom. The fourth-order valence-electron chi connectivity index (χ4n) is 3.35. The largest absolute Gasteiger partial charge is 0.357 e. The summed E-state index contributed by atoms with van der Waals surface area (Å²) in [5.41, 5.74) is 0. The number of hydrogen-bond acceptors (Lipinski definition) is 3. The van der Waals surface area contributed by atoms with E-state index >= 15 is 0 Å². The van der Waals surface area contributed by atoms with Crippen LogP contribution < -0.4 is 10.6 Å². The highest BCUT2D eigenvalue weighted by Crippen LogP contribution is 2.15. The van der Waals surface area contributed by atoms with Crippen molar-refractivity contribution in [3.63, 3.8) is 0 Å². The highest BCUT2D eigenvalue weighted by atomic mass is 16.2. The highest BCUT2D eigenvalue weighted by Gasteiger charge is 2.19. The third kappa shape index (κ3) is 6.67. The second-order valence-corrected chi connectivity index (χ2v) is 7.05. The van der Waals surface area contributed by atoms with E-state index in [9.17, 15) is 4.79 Å². The van der Waals surface area contributed by atoms with Crippen LogP contribution in [-0.4, -0.2) is 74.0 Å². The summed E-state index contributed by atoms with van der Waals surface area (Å²) >= 11 is 0. The number of carbonyl (C=O) groups excluding carboxylic acids is 1. The molecule has 0 aromatic carbocycles. The van der Waals surface area contributed by atoms with Gasteiger partial charge in [-0.25, -0.2) is 0 Å². The molecule has 0 unspecified atom stereocenters. The summed E-state index contributed by atoms with van der Waals surface area (Å²) in [7, 11) is 0. The first kappa shape index (κ1) is 19.0. The summed E-state index contributed by atoms with van der Waals surface area (Å²) in [4.78, 5) is 20.7. The Balaban J connectivity index is 1.61. The summed E-state index contributed by atoms with van der Waals surface area (Å²) < 4.78 is 0. The molecule has 2 saturated heterocycles.